The van der Waals surface area contributed by atoms with E-state index in [1.807, 2.05) is 57.4 Å². The summed E-state index contributed by atoms with van der Waals surface area (Å²) in [5.74, 6) is 0. The van der Waals surface area contributed by atoms with Gasteiger partial charge in [0.15, 0.2) is 6.34 Å². The molecule has 1 atom stereocenters. The summed E-state index contributed by atoms with van der Waals surface area (Å²) < 4.78 is 12.8. The largest absolute Gasteiger partial charge is 0.307 e. The van der Waals surface area contributed by atoms with E-state index in [2.05, 4.69) is 0 Å². The number of benzene rings is 1. The Kier molecular flexibility index (Phi) is 3.49. The fraction of sp³-hybridized carbons (Fsp3) is 0.455. The van der Waals surface area contributed by atoms with Gasteiger partial charge < -0.3 is 4.57 Å². The monoisotopic (exact) mass is 228 g/mol. The molecule has 14 heavy (non-hydrogen) atoms. The van der Waals surface area contributed by atoms with Gasteiger partial charge in [-0.2, -0.15) is 0 Å². The first-order valence-electron chi connectivity index (χ1n) is 4.63. The molecule has 0 bridgehead atoms. The van der Waals surface area contributed by atoms with Crippen LogP contribution in [0.4, 0.5) is 0 Å². The Labute approximate surface area is 90.4 Å². The summed E-state index contributed by atoms with van der Waals surface area (Å²) in [5.41, 5.74) is 0. The topological polar surface area (TPSA) is 17.1 Å². The van der Waals surface area contributed by atoms with E-state index in [-0.39, 0.29) is 5.16 Å². The van der Waals surface area contributed by atoms with Crippen LogP contribution in [0.5, 0.6) is 0 Å². The average Bonchev–Trinajstić information content (AvgIpc) is 2.16. The van der Waals surface area contributed by atoms with Crippen molar-refractivity contribution >= 4 is 23.0 Å². The van der Waals surface area contributed by atoms with Crippen LogP contribution in [-0.4, -0.2) is 11.4 Å². The predicted octanol–water partition coefficient (Wildman–Crippen LogP) is 3.75. The molecule has 1 nitrogen and oxygen atoms in total. The molecule has 1 aromatic rings. The third kappa shape index (κ3) is 2.07. The van der Waals surface area contributed by atoms with E-state index in [1.54, 1.807) is 0 Å². The molecule has 0 radical (unpaired) electrons. The van der Waals surface area contributed by atoms with Crippen molar-refractivity contribution in [3.63, 3.8) is 0 Å². The number of hydrogen-bond donors (Lipinski definition) is 0. The van der Waals surface area contributed by atoms with Crippen LogP contribution in [0.2, 0.25) is 0 Å². The molecule has 0 aliphatic rings. The Balaban J connectivity index is 3.23. The Morgan fingerprint density at radius 3 is 2.00 bits per heavy atom. The highest BCUT2D eigenvalue weighted by molar-refractivity contribution is 8.60. The lowest BCUT2D eigenvalue weighted by Crippen LogP contribution is -2.20. The minimum Gasteiger partial charge on any atom is -0.307 e. The van der Waals surface area contributed by atoms with E-state index < -0.39 is 6.34 Å². The maximum atomic E-state index is 12.8. The molecule has 0 aliphatic heterocycles. The Hall–Kier alpha value is -0.200. The zero-order valence-corrected chi connectivity index (χ0v) is 10.9. The fourth-order valence-corrected chi connectivity index (χ4v) is 6.13. The average molecular weight is 228 g/mol. The highest BCUT2D eigenvalue weighted by Crippen LogP contribution is 2.65. The molecule has 1 rings (SSSR count). The lowest BCUT2D eigenvalue weighted by atomic mass is 10.3. The molecule has 0 saturated carbocycles. The van der Waals surface area contributed by atoms with E-state index in [4.69, 9.17) is 0 Å². The summed E-state index contributed by atoms with van der Waals surface area (Å²) in [5, 5.41) is 0.799. The summed E-state index contributed by atoms with van der Waals surface area (Å²) in [6.07, 6.45) is -0.390. The van der Waals surface area contributed by atoms with Gasteiger partial charge >= 0.3 is 0 Å². The van der Waals surface area contributed by atoms with Crippen molar-refractivity contribution in [2.75, 3.05) is 6.26 Å². The van der Waals surface area contributed by atoms with Gasteiger partial charge in [0.05, 0.1) is 0 Å². The molecule has 78 valence electrons. The Bertz CT molecular complexity index is 340. The third-order valence-electron chi connectivity index (χ3n) is 2.24. The van der Waals surface area contributed by atoms with Crippen molar-refractivity contribution in [2.45, 2.75) is 25.9 Å². The van der Waals surface area contributed by atoms with Gasteiger partial charge in [-0.15, -0.1) is 0 Å². The molecule has 0 fully saturated rings. The van der Waals surface area contributed by atoms with Gasteiger partial charge in [-0.3, -0.25) is 0 Å². The van der Waals surface area contributed by atoms with Crippen LogP contribution < -0.4 is 5.30 Å². The molecular formula is C11H17OPS. The minimum atomic E-state index is -2.32. The SMILES string of the molecule is CS[P@@](=O)(c1ccccc1)C(C)(C)C. The Morgan fingerprint density at radius 1 is 1.14 bits per heavy atom. The van der Waals surface area contributed by atoms with Gasteiger partial charge in [-0.1, -0.05) is 62.5 Å². The van der Waals surface area contributed by atoms with Crippen LogP contribution in [0.1, 0.15) is 20.8 Å². The summed E-state index contributed by atoms with van der Waals surface area (Å²) in [4.78, 5) is 0. The van der Waals surface area contributed by atoms with Crippen LogP contribution in [0.3, 0.4) is 0 Å². The fourth-order valence-electron chi connectivity index (χ4n) is 1.39. The van der Waals surface area contributed by atoms with Crippen molar-refractivity contribution in [1.29, 1.82) is 0 Å². The van der Waals surface area contributed by atoms with Crippen molar-refractivity contribution in [2.24, 2.45) is 0 Å². The van der Waals surface area contributed by atoms with Gasteiger partial charge in [0, 0.05) is 10.5 Å². The summed E-state index contributed by atoms with van der Waals surface area (Å²) in [7, 11) is 0. The first-order valence-corrected chi connectivity index (χ1v) is 8.17. The molecule has 1 aromatic carbocycles. The van der Waals surface area contributed by atoms with Gasteiger partial charge in [0.2, 0.25) is 0 Å². The van der Waals surface area contributed by atoms with Crippen LogP contribution in [0.25, 0.3) is 0 Å². The van der Waals surface area contributed by atoms with Crippen molar-refractivity contribution in [3.8, 4) is 0 Å². The molecule has 0 spiro atoms. The van der Waals surface area contributed by atoms with E-state index in [0.717, 1.165) is 5.30 Å². The molecule has 0 aliphatic carbocycles. The van der Waals surface area contributed by atoms with Gasteiger partial charge in [-0.25, -0.2) is 0 Å². The molecule has 0 N–H and O–H groups in total. The second kappa shape index (κ2) is 4.12. The van der Waals surface area contributed by atoms with Crippen LogP contribution in [-0.2, 0) is 4.57 Å². The van der Waals surface area contributed by atoms with Gasteiger partial charge in [0.1, 0.15) is 0 Å². The molecule has 0 amide bonds. The normalized spacial score (nSPS) is 16.3. The number of rotatable bonds is 2. The third-order valence-corrected chi connectivity index (χ3v) is 9.31. The maximum absolute atomic E-state index is 12.8. The highest BCUT2D eigenvalue weighted by atomic mass is 32.7. The molecular weight excluding hydrogens is 211 g/mol. The van der Waals surface area contributed by atoms with Gasteiger partial charge in [0.25, 0.3) is 0 Å². The van der Waals surface area contributed by atoms with Crippen molar-refractivity contribution in [1.82, 2.24) is 0 Å². The van der Waals surface area contributed by atoms with E-state index in [0.29, 0.717) is 0 Å². The second-order valence-electron chi connectivity index (χ2n) is 4.24. The van der Waals surface area contributed by atoms with Crippen LogP contribution in [0, 0.1) is 0 Å². The molecule has 0 aromatic heterocycles. The summed E-state index contributed by atoms with van der Waals surface area (Å²) >= 11 is 1.49. The first-order chi connectivity index (χ1) is 6.42. The van der Waals surface area contributed by atoms with E-state index in [1.165, 1.54) is 11.4 Å². The van der Waals surface area contributed by atoms with Crippen LogP contribution in [0.15, 0.2) is 30.3 Å². The zero-order valence-electron chi connectivity index (χ0n) is 9.15. The first kappa shape index (κ1) is 11.9. The lowest BCUT2D eigenvalue weighted by molar-refractivity contribution is 0.568. The van der Waals surface area contributed by atoms with E-state index in [9.17, 15) is 4.57 Å². The van der Waals surface area contributed by atoms with Crippen molar-refractivity contribution in [3.05, 3.63) is 30.3 Å². The number of hydrogen-bond acceptors (Lipinski definition) is 2. The van der Waals surface area contributed by atoms with E-state index >= 15 is 0 Å². The van der Waals surface area contributed by atoms with Crippen molar-refractivity contribution < 1.29 is 4.57 Å². The smallest absolute Gasteiger partial charge is 0.171 e. The molecule has 0 heterocycles. The predicted molar refractivity (Wildman–Crippen MR) is 67.0 cm³/mol. The summed E-state index contributed by atoms with van der Waals surface area (Å²) in [6, 6.07) is 9.77. The molecule has 0 unspecified atom stereocenters. The van der Waals surface area contributed by atoms with Gasteiger partial charge in [-0.05, 0) is 6.26 Å². The molecule has 0 saturated heterocycles. The minimum absolute atomic E-state index is 0.173. The Morgan fingerprint density at radius 2 is 1.64 bits per heavy atom. The quantitative estimate of drug-likeness (QED) is 0.717. The van der Waals surface area contributed by atoms with Crippen LogP contribution >= 0.6 is 17.7 Å². The highest BCUT2D eigenvalue weighted by Gasteiger charge is 2.37. The second-order valence-corrected chi connectivity index (χ2v) is 10.2. The zero-order chi connectivity index (χ0) is 10.8. The summed E-state index contributed by atoms with van der Waals surface area (Å²) in [6.45, 7) is 6.12. The molecule has 3 heteroatoms. The lowest BCUT2D eigenvalue weighted by Gasteiger charge is -2.29. The standard InChI is InChI=1S/C11H17OPS/c1-11(2,3)13(12,14-4)10-8-6-5-7-9-10/h5-9H,1-4H3/t13-/m0/s1. The maximum Gasteiger partial charge on any atom is 0.171 e.